The van der Waals surface area contributed by atoms with E-state index < -0.39 is 10.0 Å². The Kier molecular flexibility index (Phi) is 6.03. The lowest BCUT2D eigenvalue weighted by Gasteiger charge is -2.23. The van der Waals surface area contributed by atoms with E-state index >= 15 is 0 Å². The van der Waals surface area contributed by atoms with Crippen molar-refractivity contribution in [1.29, 1.82) is 0 Å². The lowest BCUT2D eigenvalue weighted by Crippen LogP contribution is -2.32. The van der Waals surface area contributed by atoms with Crippen molar-refractivity contribution in [2.75, 3.05) is 0 Å². The Labute approximate surface area is 193 Å². The van der Waals surface area contributed by atoms with Crippen LogP contribution in [0.3, 0.4) is 0 Å². The number of H-pyrrole nitrogens is 1. The van der Waals surface area contributed by atoms with Gasteiger partial charge in [0.15, 0.2) is 0 Å². The summed E-state index contributed by atoms with van der Waals surface area (Å²) in [5.74, 6) is 0.498. The molecule has 33 heavy (non-hydrogen) atoms. The summed E-state index contributed by atoms with van der Waals surface area (Å²) < 4.78 is 34.0. The summed E-state index contributed by atoms with van der Waals surface area (Å²) in [6.45, 7) is 8.14. The molecule has 7 heteroatoms. The van der Waals surface area contributed by atoms with Gasteiger partial charge in [-0.25, -0.2) is 8.42 Å². The standard InChI is InChI=1S/C26H28N2O4S/c1-18-7-12-24-19(14-18)15-20(25(29)27-24)16-28(17-22-6-5-13-32-22)33(30,31)23-10-8-21(9-11-23)26(2,3)4/h5-15H,16-17H2,1-4H3,(H,27,29). The molecule has 0 saturated carbocycles. The Hall–Kier alpha value is -3.16. The molecule has 0 aliphatic heterocycles. The van der Waals surface area contributed by atoms with Crippen LogP contribution in [0.2, 0.25) is 0 Å². The molecule has 0 aliphatic rings. The van der Waals surface area contributed by atoms with Crippen molar-refractivity contribution in [3.8, 4) is 0 Å². The smallest absolute Gasteiger partial charge is 0.252 e. The first kappa shape index (κ1) is 23.0. The molecule has 0 aliphatic carbocycles. The lowest BCUT2D eigenvalue weighted by molar-refractivity contribution is 0.357. The fourth-order valence-corrected chi connectivity index (χ4v) is 5.14. The van der Waals surface area contributed by atoms with Gasteiger partial charge in [0.2, 0.25) is 10.0 Å². The average molecular weight is 465 g/mol. The zero-order chi connectivity index (χ0) is 23.8. The summed E-state index contributed by atoms with van der Waals surface area (Å²) >= 11 is 0. The van der Waals surface area contributed by atoms with Crippen LogP contribution in [0, 0.1) is 6.92 Å². The van der Waals surface area contributed by atoms with Gasteiger partial charge in [-0.1, -0.05) is 44.5 Å². The van der Waals surface area contributed by atoms with Crippen molar-refractivity contribution in [2.45, 2.75) is 51.1 Å². The highest BCUT2D eigenvalue weighted by Gasteiger charge is 2.27. The Morgan fingerprint density at radius 1 is 0.970 bits per heavy atom. The maximum absolute atomic E-state index is 13.6. The molecular formula is C26H28N2O4S. The highest BCUT2D eigenvalue weighted by Crippen LogP contribution is 2.26. The van der Waals surface area contributed by atoms with Crippen LogP contribution >= 0.6 is 0 Å². The van der Waals surface area contributed by atoms with Crippen LogP contribution in [0.1, 0.15) is 43.2 Å². The van der Waals surface area contributed by atoms with E-state index in [1.165, 1.54) is 10.6 Å². The predicted octanol–water partition coefficient (Wildman–Crippen LogP) is 5.12. The van der Waals surface area contributed by atoms with E-state index in [2.05, 4.69) is 25.8 Å². The van der Waals surface area contributed by atoms with Gasteiger partial charge in [0.25, 0.3) is 5.56 Å². The average Bonchev–Trinajstić information content (AvgIpc) is 3.27. The van der Waals surface area contributed by atoms with E-state index in [9.17, 15) is 13.2 Å². The van der Waals surface area contributed by atoms with Crippen LogP contribution in [0.15, 0.2) is 81.0 Å². The van der Waals surface area contributed by atoms with Crippen LogP contribution in [-0.2, 0) is 28.5 Å². The predicted molar refractivity (Wildman–Crippen MR) is 130 cm³/mol. The summed E-state index contributed by atoms with van der Waals surface area (Å²) in [5.41, 5.74) is 2.78. The van der Waals surface area contributed by atoms with Gasteiger partial charge in [0.1, 0.15) is 5.76 Å². The van der Waals surface area contributed by atoms with Gasteiger partial charge in [-0.15, -0.1) is 0 Å². The van der Waals surface area contributed by atoms with Crippen molar-refractivity contribution in [1.82, 2.24) is 9.29 Å². The molecule has 2 aromatic heterocycles. The van der Waals surface area contributed by atoms with Crippen molar-refractivity contribution in [2.24, 2.45) is 0 Å². The third kappa shape index (κ3) is 4.94. The fourth-order valence-electron chi connectivity index (χ4n) is 3.76. The zero-order valence-corrected chi connectivity index (χ0v) is 20.1. The third-order valence-corrected chi connectivity index (χ3v) is 7.50. The first-order valence-corrected chi connectivity index (χ1v) is 12.2. The van der Waals surface area contributed by atoms with E-state index in [0.717, 1.165) is 16.5 Å². The minimum atomic E-state index is -3.90. The van der Waals surface area contributed by atoms with Crippen LogP contribution < -0.4 is 5.56 Å². The topological polar surface area (TPSA) is 83.4 Å². The van der Waals surface area contributed by atoms with Crippen molar-refractivity contribution >= 4 is 20.9 Å². The van der Waals surface area contributed by atoms with Crippen LogP contribution in [0.5, 0.6) is 0 Å². The van der Waals surface area contributed by atoms with Crippen LogP contribution in [0.4, 0.5) is 0 Å². The number of hydrogen-bond donors (Lipinski definition) is 1. The number of aromatic nitrogens is 1. The number of aromatic amines is 1. The SMILES string of the molecule is Cc1ccc2[nH]c(=O)c(CN(Cc3ccco3)S(=O)(=O)c3ccc(C(C)(C)C)cc3)cc2c1. The number of fused-ring (bicyclic) bond motifs is 1. The second-order valence-corrected chi connectivity index (χ2v) is 11.3. The van der Waals surface area contributed by atoms with Gasteiger partial charge >= 0.3 is 0 Å². The van der Waals surface area contributed by atoms with Crippen LogP contribution in [-0.4, -0.2) is 17.7 Å². The van der Waals surface area contributed by atoms with Gasteiger partial charge in [-0.2, -0.15) is 4.31 Å². The maximum Gasteiger partial charge on any atom is 0.252 e. The van der Waals surface area contributed by atoms with Gasteiger partial charge in [0, 0.05) is 17.6 Å². The molecule has 0 atom stereocenters. The molecule has 2 aromatic carbocycles. The number of nitrogens with one attached hydrogen (secondary N) is 1. The molecule has 0 fully saturated rings. The summed E-state index contributed by atoms with van der Waals surface area (Å²) in [7, 11) is -3.90. The molecule has 2 heterocycles. The third-order valence-electron chi connectivity index (χ3n) is 5.69. The highest BCUT2D eigenvalue weighted by atomic mass is 32.2. The summed E-state index contributed by atoms with van der Waals surface area (Å²) in [4.78, 5) is 15.8. The maximum atomic E-state index is 13.6. The first-order chi connectivity index (χ1) is 15.5. The molecule has 6 nitrogen and oxygen atoms in total. The van der Waals surface area contributed by atoms with Gasteiger partial charge in [0.05, 0.1) is 17.7 Å². The molecule has 4 rings (SSSR count). The van der Waals surface area contributed by atoms with Crippen molar-refractivity contribution < 1.29 is 12.8 Å². The molecule has 0 unspecified atom stereocenters. The molecule has 0 spiro atoms. The Balaban J connectivity index is 1.75. The van der Waals surface area contributed by atoms with Crippen molar-refractivity contribution in [3.63, 3.8) is 0 Å². The first-order valence-electron chi connectivity index (χ1n) is 10.8. The Morgan fingerprint density at radius 2 is 1.70 bits per heavy atom. The normalized spacial score (nSPS) is 12.5. The number of pyridine rings is 1. The number of benzene rings is 2. The number of nitrogens with zero attached hydrogens (tertiary/aromatic N) is 1. The van der Waals surface area contributed by atoms with Gasteiger partial charge in [-0.3, -0.25) is 4.79 Å². The number of rotatable bonds is 6. The molecule has 172 valence electrons. The number of hydrogen-bond acceptors (Lipinski definition) is 4. The van der Waals surface area contributed by atoms with Gasteiger partial charge < -0.3 is 9.40 Å². The number of furan rings is 1. The summed E-state index contributed by atoms with van der Waals surface area (Å²) in [6, 6.07) is 17.9. The quantitative estimate of drug-likeness (QED) is 0.429. The molecule has 4 aromatic rings. The lowest BCUT2D eigenvalue weighted by atomic mass is 9.87. The van der Waals surface area contributed by atoms with E-state index in [1.807, 2.05) is 37.3 Å². The zero-order valence-electron chi connectivity index (χ0n) is 19.3. The van der Waals surface area contributed by atoms with Crippen molar-refractivity contribution in [3.05, 3.63) is 99.7 Å². The number of aryl methyl sites for hydroxylation is 1. The van der Waals surface area contributed by atoms with E-state index in [0.29, 0.717) is 16.8 Å². The Bertz CT molecular complexity index is 1430. The minimum Gasteiger partial charge on any atom is -0.468 e. The summed E-state index contributed by atoms with van der Waals surface area (Å²) in [6.07, 6.45) is 1.50. The Morgan fingerprint density at radius 3 is 2.33 bits per heavy atom. The molecule has 0 amide bonds. The molecule has 0 radical (unpaired) electrons. The number of sulfonamides is 1. The van der Waals surface area contributed by atoms with E-state index in [1.54, 1.807) is 30.3 Å². The fraction of sp³-hybridized carbons (Fsp3) is 0.269. The molecule has 0 bridgehead atoms. The van der Waals surface area contributed by atoms with Crippen LogP contribution in [0.25, 0.3) is 10.9 Å². The second kappa shape index (κ2) is 8.65. The largest absolute Gasteiger partial charge is 0.468 e. The summed E-state index contributed by atoms with van der Waals surface area (Å²) in [5, 5.41) is 0.856. The minimum absolute atomic E-state index is 0.0155. The van der Waals surface area contributed by atoms with E-state index in [4.69, 9.17) is 4.42 Å². The highest BCUT2D eigenvalue weighted by molar-refractivity contribution is 7.89. The second-order valence-electron chi connectivity index (χ2n) is 9.34. The van der Waals surface area contributed by atoms with E-state index in [-0.39, 0.29) is 29.0 Å². The van der Waals surface area contributed by atoms with Gasteiger partial charge in [-0.05, 0) is 65.8 Å². The molecule has 1 N–H and O–H groups in total. The monoisotopic (exact) mass is 464 g/mol. The molecular weight excluding hydrogens is 436 g/mol. The molecule has 0 saturated heterocycles.